The van der Waals surface area contributed by atoms with E-state index in [-0.39, 0.29) is 16.8 Å². The average molecular weight is 466 g/mol. The molecule has 0 bridgehead atoms. The maximum atomic E-state index is 12.7. The molecule has 1 heterocycles. The van der Waals surface area contributed by atoms with Crippen LogP contribution in [0.2, 0.25) is 0 Å². The molecule has 28 heavy (non-hydrogen) atoms. The maximum Gasteiger partial charge on any atom is 0.269 e. The number of nitrogens with one attached hydrogen (secondary N) is 1. The number of rotatable bonds is 6. The number of nitro benzene ring substituents is 1. The molecular formula is C19H20BrN3O4S. The molecule has 0 aromatic heterocycles. The summed E-state index contributed by atoms with van der Waals surface area (Å²) in [5, 5.41) is 13.4. The molecule has 0 aliphatic carbocycles. The Morgan fingerprint density at radius 1 is 1.25 bits per heavy atom. The first-order valence-corrected chi connectivity index (χ1v) is 10.5. The number of thioether (sulfide) groups is 1. The fraction of sp³-hybridized carbons (Fsp3) is 0.316. The molecule has 1 fully saturated rings. The first-order chi connectivity index (χ1) is 13.4. The predicted molar refractivity (Wildman–Crippen MR) is 114 cm³/mol. The smallest absolute Gasteiger partial charge is 0.269 e. The summed E-state index contributed by atoms with van der Waals surface area (Å²) in [6.07, 6.45) is 0. The molecule has 1 saturated heterocycles. The molecule has 0 saturated carbocycles. The molecule has 1 aliphatic heterocycles. The lowest BCUT2D eigenvalue weighted by Gasteiger charge is -2.30. The fourth-order valence-corrected chi connectivity index (χ4v) is 4.06. The van der Waals surface area contributed by atoms with E-state index in [1.165, 1.54) is 23.9 Å². The van der Waals surface area contributed by atoms with Gasteiger partial charge >= 0.3 is 0 Å². The highest BCUT2D eigenvalue weighted by Gasteiger charge is 2.20. The predicted octanol–water partition coefficient (Wildman–Crippen LogP) is 4.31. The fourth-order valence-electron chi connectivity index (χ4n) is 2.83. The van der Waals surface area contributed by atoms with Crippen LogP contribution in [0.15, 0.2) is 51.8 Å². The number of ether oxygens (including phenoxy) is 1. The SMILES string of the molecule is CC(Sc1ccc([N+](=O)[O-])cc1)C(=O)Nc1cc(Br)ccc1N1CCOCC1. The van der Waals surface area contributed by atoms with Crippen LogP contribution in [0.25, 0.3) is 0 Å². The van der Waals surface area contributed by atoms with Crippen LogP contribution in [0.5, 0.6) is 0 Å². The number of nitrogens with zero attached hydrogens (tertiary/aromatic N) is 2. The van der Waals surface area contributed by atoms with Crippen LogP contribution in [0.4, 0.5) is 17.1 Å². The lowest BCUT2D eigenvalue weighted by atomic mass is 10.2. The molecule has 1 unspecified atom stereocenters. The van der Waals surface area contributed by atoms with E-state index in [9.17, 15) is 14.9 Å². The summed E-state index contributed by atoms with van der Waals surface area (Å²) in [6, 6.07) is 12.0. The van der Waals surface area contributed by atoms with E-state index in [1.54, 1.807) is 12.1 Å². The zero-order valence-electron chi connectivity index (χ0n) is 15.3. The zero-order valence-corrected chi connectivity index (χ0v) is 17.7. The first kappa shape index (κ1) is 20.6. The molecule has 2 aromatic carbocycles. The number of morpholine rings is 1. The lowest BCUT2D eigenvalue weighted by Crippen LogP contribution is -2.37. The van der Waals surface area contributed by atoms with Gasteiger partial charge in [0, 0.05) is 34.6 Å². The number of carbonyl (C=O) groups excluding carboxylic acids is 1. The standard InChI is InChI=1S/C19H20BrN3O4S/c1-13(28-16-5-3-15(4-6-16)23(25)26)19(24)21-17-12-14(20)2-7-18(17)22-8-10-27-11-9-22/h2-7,12-13H,8-11H2,1H3,(H,21,24). The molecule has 7 nitrogen and oxygen atoms in total. The number of anilines is 2. The van der Waals surface area contributed by atoms with Crippen LogP contribution in [-0.2, 0) is 9.53 Å². The van der Waals surface area contributed by atoms with Crippen molar-refractivity contribution in [3.05, 3.63) is 57.1 Å². The van der Waals surface area contributed by atoms with Gasteiger partial charge in [0.25, 0.3) is 5.69 Å². The Bertz CT molecular complexity index is 857. The number of hydrogen-bond acceptors (Lipinski definition) is 6. The summed E-state index contributed by atoms with van der Waals surface area (Å²) in [5.74, 6) is -0.129. The van der Waals surface area contributed by atoms with Gasteiger partial charge in [-0.25, -0.2) is 0 Å². The van der Waals surface area contributed by atoms with Gasteiger partial charge < -0.3 is 15.0 Å². The van der Waals surface area contributed by atoms with Gasteiger partial charge in [0.2, 0.25) is 5.91 Å². The number of halogens is 1. The van der Waals surface area contributed by atoms with Gasteiger partial charge in [-0.1, -0.05) is 15.9 Å². The average Bonchev–Trinajstić information content (AvgIpc) is 2.69. The van der Waals surface area contributed by atoms with Crippen LogP contribution in [0.1, 0.15) is 6.92 Å². The molecule has 148 valence electrons. The molecule has 1 N–H and O–H groups in total. The third-order valence-electron chi connectivity index (χ3n) is 4.30. The Morgan fingerprint density at radius 2 is 1.93 bits per heavy atom. The minimum atomic E-state index is -0.439. The number of benzene rings is 2. The Kier molecular flexibility index (Phi) is 6.93. The van der Waals surface area contributed by atoms with E-state index in [1.807, 2.05) is 25.1 Å². The van der Waals surface area contributed by atoms with Crippen molar-refractivity contribution < 1.29 is 14.5 Å². The van der Waals surface area contributed by atoms with Crippen molar-refractivity contribution in [3.8, 4) is 0 Å². The van der Waals surface area contributed by atoms with Gasteiger partial charge in [-0.15, -0.1) is 11.8 Å². The highest BCUT2D eigenvalue weighted by Crippen LogP contribution is 2.32. The number of carbonyl (C=O) groups is 1. The van der Waals surface area contributed by atoms with E-state index in [2.05, 4.69) is 26.1 Å². The van der Waals surface area contributed by atoms with Crippen LogP contribution in [-0.4, -0.2) is 42.4 Å². The van der Waals surface area contributed by atoms with Gasteiger partial charge in [0.1, 0.15) is 0 Å². The Balaban J connectivity index is 1.69. The highest BCUT2D eigenvalue weighted by molar-refractivity contribution is 9.10. The van der Waals surface area contributed by atoms with Gasteiger partial charge in [0.05, 0.1) is 34.8 Å². The summed E-state index contributed by atoms with van der Waals surface area (Å²) < 4.78 is 6.29. The number of hydrogen-bond donors (Lipinski definition) is 1. The van der Waals surface area contributed by atoms with Gasteiger partial charge in [-0.05, 0) is 37.3 Å². The quantitative estimate of drug-likeness (QED) is 0.388. The topological polar surface area (TPSA) is 84.7 Å². The summed E-state index contributed by atoms with van der Waals surface area (Å²) in [4.78, 5) is 26.1. The molecule has 0 radical (unpaired) electrons. The van der Waals surface area contributed by atoms with Crippen LogP contribution in [0, 0.1) is 10.1 Å². The second kappa shape index (κ2) is 9.40. The normalized spacial score (nSPS) is 15.1. The van der Waals surface area contributed by atoms with Gasteiger partial charge in [-0.3, -0.25) is 14.9 Å². The van der Waals surface area contributed by atoms with E-state index >= 15 is 0 Å². The van der Waals surface area contributed by atoms with Crippen LogP contribution in [0.3, 0.4) is 0 Å². The summed E-state index contributed by atoms with van der Waals surface area (Å²) >= 11 is 4.82. The summed E-state index contributed by atoms with van der Waals surface area (Å²) in [7, 11) is 0. The summed E-state index contributed by atoms with van der Waals surface area (Å²) in [5.41, 5.74) is 1.75. The third kappa shape index (κ3) is 5.24. The Labute approximate surface area is 175 Å². The largest absolute Gasteiger partial charge is 0.378 e. The monoisotopic (exact) mass is 465 g/mol. The van der Waals surface area contributed by atoms with Gasteiger partial charge in [0.15, 0.2) is 0 Å². The highest BCUT2D eigenvalue weighted by atomic mass is 79.9. The zero-order chi connectivity index (χ0) is 20.1. The maximum absolute atomic E-state index is 12.7. The van der Waals surface area contributed by atoms with Crippen molar-refractivity contribution in [2.75, 3.05) is 36.5 Å². The molecule has 2 aromatic rings. The summed E-state index contributed by atoms with van der Waals surface area (Å²) in [6.45, 7) is 4.69. The number of non-ortho nitro benzene ring substituents is 1. The molecule has 1 aliphatic rings. The number of nitro groups is 1. The number of amides is 1. The van der Waals surface area contributed by atoms with Crippen molar-refractivity contribution in [3.63, 3.8) is 0 Å². The van der Waals surface area contributed by atoms with Crippen molar-refractivity contribution in [1.29, 1.82) is 0 Å². The van der Waals surface area contributed by atoms with E-state index in [0.29, 0.717) is 13.2 Å². The molecule has 1 amide bonds. The lowest BCUT2D eigenvalue weighted by molar-refractivity contribution is -0.384. The first-order valence-electron chi connectivity index (χ1n) is 8.78. The van der Waals surface area contributed by atoms with E-state index in [4.69, 9.17) is 4.74 Å². The molecule has 3 rings (SSSR count). The minimum Gasteiger partial charge on any atom is -0.378 e. The Hall–Kier alpha value is -2.10. The minimum absolute atomic E-state index is 0.0331. The van der Waals surface area contributed by atoms with E-state index in [0.717, 1.165) is 33.8 Å². The van der Waals surface area contributed by atoms with Crippen molar-refractivity contribution in [2.45, 2.75) is 17.1 Å². The second-order valence-electron chi connectivity index (χ2n) is 6.26. The third-order valence-corrected chi connectivity index (χ3v) is 5.90. The van der Waals surface area contributed by atoms with Crippen LogP contribution < -0.4 is 10.2 Å². The molecule has 0 spiro atoms. The van der Waals surface area contributed by atoms with Crippen LogP contribution >= 0.6 is 27.7 Å². The van der Waals surface area contributed by atoms with Crippen molar-refractivity contribution in [2.24, 2.45) is 0 Å². The van der Waals surface area contributed by atoms with Gasteiger partial charge in [-0.2, -0.15) is 0 Å². The molecule has 1 atom stereocenters. The Morgan fingerprint density at radius 3 is 2.57 bits per heavy atom. The van der Waals surface area contributed by atoms with E-state index < -0.39 is 4.92 Å². The van der Waals surface area contributed by atoms with Crippen molar-refractivity contribution >= 4 is 50.7 Å². The molecule has 9 heteroatoms. The van der Waals surface area contributed by atoms with Crippen molar-refractivity contribution in [1.82, 2.24) is 0 Å². The second-order valence-corrected chi connectivity index (χ2v) is 8.59. The molecular weight excluding hydrogens is 446 g/mol.